The fourth-order valence-electron chi connectivity index (χ4n) is 2.96. The molecule has 2 aromatic heterocycles. The lowest BCUT2D eigenvalue weighted by atomic mass is 10.1. The van der Waals surface area contributed by atoms with Crippen molar-refractivity contribution in [1.82, 2.24) is 35.9 Å². The molecule has 16 nitrogen and oxygen atoms in total. The van der Waals surface area contributed by atoms with Crippen molar-refractivity contribution < 1.29 is 34.2 Å². The number of nitrogens with zero attached hydrogens (tertiary/aromatic N) is 2. The second kappa shape index (κ2) is 12.8. The summed E-state index contributed by atoms with van der Waals surface area (Å²) in [5.41, 5.74) is 11.3. The van der Waals surface area contributed by atoms with E-state index in [1.807, 2.05) is 0 Å². The summed E-state index contributed by atoms with van der Waals surface area (Å²) in [4.78, 5) is 73.6. The zero-order valence-electron chi connectivity index (χ0n) is 18.4. The average molecular weight is 493 g/mol. The minimum atomic E-state index is -1.52. The number of hydrogen-bond acceptors (Lipinski definition) is 9. The summed E-state index contributed by atoms with van der Waals surface area (Å²) in [5.74, 6) is -4.89. The lowest BCUT2D eigenvalue weighted by Gasteiger charge is -2.24. The number of primary amides is 1. The van der Waals surface area contributed by atoms with Gasteiger partial charge < -0.3 is 47.6 Å². The summed E-state index contributed by atoms with van der Waals surface area (Å²) in [6.07, 6.45) is 4.91. The Morgan fingerprint density at radius 1 is 0.857 bits per heavy atom. The summed E-state index contributed by atoms with van der Waals surface area (Å²) >= 11 is 0. The van der Waals surface area contributed by atoms with E-state index < -0.39 is 66.8 Å². The molecule has 0 saturated heterocycles. The predicted octanol–water partition coefficient (Wildman–Crippen LogP) is -4.35. The van der Waals surface area contributed by atoms with E-state index in [9.17, 15) is 34.2 Å². The molecule has 190 valence electrons. The fraction of sp³-hybridized carbons (Fsp3) is 0.421. The van der Waals surface area contributed by atoms with Gasteiger partial charge in [0.25, 0.3) is 0 Å². The number of aromatic amines is 2. The Morgan fingerprint density at radius 2 is 1.34 bits per heavy atom. The minimum Gasteiger partial charge on any atom is -0.480 e. The van der Waals surface area contributed by atoms with Crippen LogP contribution >= 0.6 is 0 Å². The summed E-state index contributed by atoms with van der Waals surface area (Å²) in [6.45, 7) is -0.853. The molecule has 0 saturated carbocycles. The number of aliphatic hydroxyl groups excluding tert-OH is 1. The van der Waals surface area contributed by atoms with Crippen molar-refractivity contribution in [3.63, 3.8) is 0 Å². The SMILES string of the molecule is NC(=O)C[C@H](N)C(=O)N[C@@H](CO)C(=O)N[C@@H](Cc1c[nH]cn1)C(=O)N[C@@H](Cc1c[nH]cn1)C(=O)O. The number of H-pyrrole nitrogens is 2. The maximum absolute atomic E-state index is 12.9. The summed E-state index contributed by atoms with van der Waals surface area (Å²) in [7, 11) is 0. The first-order valence-electron chi connectivity index (χ1n) is 10.3. The number of aliphatic hydroxyl groups is 1. The molecule has 35 heavy (non-hydrogen) atoms. The lowest BCUT2D eigenvalue weighted by molar-refractivity contribution is -0.142. The smallest absolute Gasteiger partial charge is 0.326 e. The van der Waals surface area contributed by atoms with Crippen molar-refractivity contribution in [3.05, 3.63) is 36.4 Å². The van der Waals surface area contributed by atoms with Crippen LogP contribution in [-0.4, -0.2) is 90.5 Å². The highest BCUT2D eigenvalue weighted by Crippen LogP contribution is 2.04. The standard InChI is InChI=1S/C19H27N9O7/c20-11(3-15(21)30)16(31)28-14(6-29)18(33)26-12(1-9-4-22-7-24-9)17(32)27-13(19(34)35)2-10-5-23-8-25-10/h4-5,7-8,11-14,29H,1-3,6,20H2,(H2,21,30)(H,22,24)(H,23,25)(H,26,33)(H,27,32)(H,28,31)(H,34,35)/t11-,12-,13-,14-/m0/s1. The first kappa shape index (κ1) is 26.9. The van der Waals surface area contributed by atoms with Gasteiger partial charge in [0, 0.05) is 25.2 Å². The van der Waals surface area contributed by atoms with E-state index in [0.717, 1.165) is 0 Å². The van der Waals surface area contributed by atoms with Gasteiger partial charge in [-0.3, -0.25) is 19.2 Å². The molecule has 0 fully saturated rings. The van der Waals surface area contributed by atoms with Crippen LogP contribution in [0.3, 0.4) is 0 Å². The Hall–Kier alpha value is -4.31. The van der Waals surface area contributed by atoms with Crippen LogP contribution in [0.5, 0.6) is 0 Å². The number of imidazole rings is 2. The van der Waals surface area contributed by atoms with E-state index in [-0.39, 0.29) is 12.8 Å². The Bertz CT molecular complexity index is 1010. The number of aromatic nitrogens is 4. The Morgan fingerprint density at radius 3 is 1.80 bits per heavy atom. The van der Waals surface area contributed by atoms with Crippen LogP contribution in [0.1, 0.15) is 17.8 Å². The van der Waals surface area contributed by atoms with Crippen LogP contribution in [-0.2, 0) is 36.8 Å². The van der Waals surface area contributed by atoms with Crippen molar-refractivity contribution in [2.24, 2.45) is 11.5 Å². The molecule has 0 radical (unpaired) electrons. The summed E-state index contributed by atoms with van der Waals surface area (Å²) in [6, 6.07) is -5.55. The van der Waals surface area contributed by atoms with Gasteiger partial charge in [-0.1, -0.05) is 0 Å². The molecule has 2 heterocycles. The minimum absolute atomic E-state index is 0.124. The molecule has 0 aliphatic carbocycles. The number of aliphatic carboxylic acids is 1. The molecule has 0 aromatic carbocycles. The molecule has 0 aliphatic heterocycles. The van der Waals surface area contributed by atoms with Crippen molar-refractivity contribution in [2.45, 2.75) is 43.4 Å². The molecule has 11 N–H and O–H groups in total. The maximum Gasteiger partial charge on any atom is 0.326 e. The van der Waals surface area contributed by atoms with Gasteiger partial charge in [-0.05, 0) is 0 Å². The zero-order valence-corrected chi connectivity index (χ0v) is 18.4. The number of carbonyl (C=O) groups excluding carboxylic acids is 4. The van der Waals surface area contributed by atoms with Gasteiger partial charge in [0.2, 0.25) is 23.6 Å². The van der Waals surface area contributed by atoms with Gasteiger partial charge in [0.15, 0.2) is 0 Å². The molecule has 2 rings (SSSR count). The van der Waals surface area contributed by atoms with Crippen molar-refractivity contribution in [3.8, 4) is 0 Å². The third kappa shape index (κ3) is 8.52. The lowest BCUT2D eigenvalue weighted by Crippen LogP contribution is -2.58. The highest BCUT2D eigenvalue weighted by atomic mass is 16.4. The predicted molar refractivity (Wildman–Crippen MR) is 117 cm³/mol. The molecule has 2 aromatic rings. The van der Waals surface area contributed by atoms with E-state index in [1.54, 1.807) is 0 Å². The Kier molecular flexibility index (Phi) is 9.85. The first-order chi connectivity index (χ1) is 16.6. The number of amides is 4. The number of nitrogens with one attached hydrogen (secondary N) is 5. The molecular weight excluding hydrogens is 466 g/mol. The van der Waals surface area contributed by atoms with E-state index in [0.29, 0.717) is 11.4 Å². The molecular formula is C19H27N9O7. The number of rotatable bonds is 14. The highest BCUT2D eigenvalue weighted by molar-refractivity contribution is 5.95. The van der Waals surface area contributed by atoms with E-state index in [2.05, 4.69) is 35.9 Å². The number of carbonyl (C=O) groups is 5. The monoisotopic (exact) mass is 493 g/mol. The third-order valence-electron chi connectivity index (χ3n) is 4.76. The van der Waals surface area contributed by atoms with Crippen LogP contribution in [0.25, 0.3) is 0 Å². The highest BCUT2D eigenvalue weighted by Gasteiger charge is 2.31. The van der Waals surface area contributed by atoms with Crippen LogP contribution in [0.2, 0.25) is 0 Å². The second-order valence-electron chi connectivity index (χ2n) is 7.51. The average Bonchev–Trinajstić information content (AvgIpc) is 3.49. The molecule has 0 aliphatic rings. The molecule has 0 unspecified atom stereocenters. The molecule has 0 spiro atoms. The topological polar surface area (TPSA) is 271 Å². The van der Waals surface area contributed by atoms with E-state index >= 15 is 0 Å². The summed E-state index contributed by atoms with van der Waals surface area (Å²) in [5, 5.41) is 25.9. The maximum atomic E-state index is 12.9. The number of carboxylic acids is 1. The van der Waals surface area contributed by atoms with Gasteiger partial charge >= 0.3 is 5.97 Å². The van der Waals surface area contributed by atoms with Crippen molar-refractivity contribution in [1.29, 1.82) is 0 Å². The van der Waals surface area contributed by atoms with Crippen LogP contribution in [0.4, 0.5) is 0 Å². The van der Waals surface area contributed by atoms with Gasteiger partial charge in [0.1, 0.15) is 18.1 Å². The van der Waals surface area contributed by atoms with Crippen LogP contribution in [0, 0.1) is 0 Å². The van der Waals surface area contributed by atoms with E-state index in [4.69, 9.17) is 11.5 Å². The Labute approximate surface area is 198 Å². The van der Waals surface area contributed by atoms with Gasteiger partial charge in [-0.2, -0.15) is 0 Å². The van der Waals surface area contributed by atoms with Gasteiger partial charge in [-0.25, -0.2) is 14.8 Å². The van der Waals surface area contributed by atoms with Gasteiger partial charge in [-0.15, -0.1) is 0 Å². The van der Waals surface area contributed by atoms with Crippen molar-refractivity contribution >= 4 is 29.6 Å². The molecule has 4 atom stereocenters. The molecule has 4 amide bonds. The van der Waals surface area contributed by atoms with Crippen LogP contribution in [0.15, 0.2) is 25.0 Å². The van der Waals surface area contributed by atoms with Crippen LogP contribution < -0.4 is 27.4 Å². The van der Waals surface area contributed by atoms with E-state index in [1.165, 1.54) is 25.0 Å². The number of hydrogen-bond donors (Lipinski definition) is 9. The number of carboxylic acid groups (broad SMARTS) is 1. The van der Waals surface area contributed by atoms with Crippen molar-refractivity contribution in [2.75, 3.05) is 6.61 Å². The first-order valence-corrected chi connectivity index (χ1v) is 10.3. The fourth-order valence-corrected chi connectivity index (χ4v) is 2.96. The largest absolute Gasteiger partial charge is 0.480 e. The normalized spacial score (nSPS) is 14.2. The second-order valence-corrected chi connectivity index (χ2v) is 7.51. The summed E-state index contributed by atoms with van der Waals surface area (Å²) < 4.78 is 0. The quantitative estimate of drug-likeness (QED) is 0.122. The molecule has 16 heteroatoms. The Balaban J connectivity index is 2.12. The van der Waals surface area contributed by atoms with Gasteiger partial charge in [0.05, 0.1) is 43.1 Å². The third-order valence-corrected chi connectivity index (χ3v) is 4.76. The number of nitrogens with two attached hydrogens (primary N) is 2. The zero-order chi connectivity index (χ0) is 26.0. The molecule has 0 bridgehead atoms.